The van der Waals surface area contributed by atoms with Crippen LogP contribution < -0.4 is 5.73 Å². The first-order chi connectivity index (χ1) is 8.65. The van der Waals surface area contributed by atoms with Crippen molar-refractivity contribution in [3.05, 3.63) is 34.8 Å². The molecule has 0 aliphatic carbocycles. The van der Waals surface area contributed by atoms with Crippen molar-refractivity contribution in [1.82, 2.24) is 5.16 Å². The third-order valence-corrected chi connectivity index (χ3v) is 2.84. The van der Waals surface area contributed by atoms with Crippen molar-refractivity contribution in [3.63, 3.8) is 0 Å². The minimum atomic E-state index is -0.535. The maximum atomic E-state index is 14.0. The molecule has 2 aromatic rings. The fourth-order valence-electron chi connectivity index (χ4n) is 1.69. The van der Waals surface area contributed by atoms with Crippen molar-refractivity contribution in [2.45, 2.75) is 6.42 Å². The number of hydrogen-bond donors (Lipinski definition) is 1. The summed E-state index contributed by atoms with van der Waals surface area (Å²) in [5, 5.41) is 3.69. The lowest BCUT2D eigenvalue weighted by atomic mass is 10.0. The molecule has 1 heterocycles. The van der Waals surface area contributed by atoms with E-state index in [1.807, 2.05) is 0 Å². The first-order valence-corrected chi connectivity index (χ1v) is 5.70. The second kappa shape index (κ2) is 5.37. The van der Waals surface area contributed by atoms with Crippen LogP contribution in [0.3, 0.4) is 0 Å². The number of rotatable bonds is 4. The SMILES string of the molecule is COCCc1onc(N)c1-c1cccc(Cl)c1F. The van der Waals surface area contributed by atoms with Crippen LogP contribution in [0.15, 0.2) is 22.7 Å². The Balaban J connectivity index is 2.49. The van der Waals surface area contributed by atoms with E-state index in [2.05, 4.69) is 5.16 Å². The van der Waals surface area contributed by atoms with Gasteiger partial charge in [0.25, 0.3) is 0 Å². The van der Waals surface area contributed by atoms with Gasteiger partial charge in [0, 0.05) is 19.1 Å². The summed E-state index contributed by atoms with van der Waals surface area (Å²) < 4.78 is 24.0. The highest BCUT2D eigenvalue weighted by molar-refractivity contribution is 6.31. The molecule has 0 aliphatic heterocycles. The van der Waals surface area contributed by atoms with Crippen molar-refractivity contribution < 1.29 is 13.7 Å². The minimum absolute atomic E-state index is 0.0331. The molecule has 0 atom stereocenters. The van der Waals surface area contributed by atoms with E-state index in [1.165, 1.54) is 6.07 Å². The Hall–Kier alpha value is -1.59. The molecule has 2 N–H and O–H groups in total. The molecule has 0 radical (unpaired) electrons. The third kappa shape index (κ3) is 2.32. The van der Waals surface area contributed by atoms with Gasteiger partial charge in [-0.25, -0.2) is 4.39 Å². The maximum Gasteiger partial charge on any atom is 0.175 e. The zero-order chi connectivity index (χ0) is 13.1. The van der Waals surface area contributed by atoms with E-state index in [1.54, 1.807) is 19.2 Å². The van der Waals surface area contributed by atoms with Gasteiger partial charge >= 0.3 is 0 Å². The van der Waals surface area contributed by atoms with Gasteiger partial charge in [-0.2, -0.15) is 0 Å². The van der Waals surface area contributed by atoms with E-state index in [4.69, 9.17) is 26.6 Å². The number of nitrogens with zero attached hydrogens (tertiary/aromatic N) is 1. The molecule has 18 heavy (non-hydrogen) atoms. The highest BCUT2D eigenvalue weighted by Gasteiger charge is 2.19. The lowest BCUT2D eigenvalue weighted by molar-refractivity contribution is 0.193. The number of hydrogen-bond acceptors (Lipinski definition) is 4. The van der Waals surface area contributed by atoms with E-state index in [-0.39, 0.29) is 16.4 Å². The number of halogens is 2. The number of ether oxygens (including phenoxy) is 1. The van der Waals surface area contributed by atoms with Crippen molar-refractivity contribution >= 4 is 17.4 Å². The molecular weight excluding hydrogens is 259 g/mol. The van der Waals surface area contributed by atoms with Gasteiger partial charge in [-0.15, -0.1) is 0 Å². The summed E-state index contributed by atoms with van der Waals surface area (Å²) in [6.07, 6.45) is 0.460. The van der Waals surface area contributed by atoms with Crippen molar-refractivity contribution in [1.29, 1.82) is 0 Å². The molecule has 0 saturated heterocycles. The Labute approximate surface area is 108 Å². The highest BCUT2D eigenvalue weighted by Crippen LogP contribution is 2.34. The van der Waals surface area contributed by atoms with E-state index in [0.717, 1.165) is 0 Å². The molecule has 0 saturated carbocycles. The molecule has 1 aromatic heterocycles. The topological polar surface area (TPSA) is 61.3 Å². The van der Waals surface area contributed by atoms with Crippen LogP contribution in [0, 0.1) is 5.82 Å². The van der Waals surface area contributed by atoms with Gasteiger partial charge in [0.15, 0.2) is 5.82 Å². The normalized spacial score (nSPS) is 10.8. The number of nitrogens with two attached hydrogens (primary N) is 1. The average Bonchev–Trinajstić information content (AvgIpc) is 2.72. The predicted molar refractivity (Wildman–Crippen MR) is 66.9 cm³/mol. The van der Waals surface area contributed by atoms with Gasteiger partial charge in [0.05, 0.1) is 17.2 Å². The molecule has 0 amide bonds. The summed E-state index contributed by atoms with van der Waals surface area (Å²) in [5.41, 5.74) is 6.43. The number of nitrogen functional groups attached to an aromatic ring is 1. The predicted octanol–water partition coefficient (Wildman–Crippen LogP) is 2.91. The first kappa shape index (κ1) is 12.9. The Bertz CT molecular complexity index is 557. The molecule has 1 aromatic carbocycles. The van der Waals surface area contributed by atoms with Crippen LogP contribution in [0.5, 0.6) is 0 Å². The fourth-order valence-corrected chi connectivity index (χ4v) is 1.86. The van der Waals surface area contributed by atoms with Gasteiger partial charge in [-0.3, -0.25) is 0 Å². The van der Waals surface area contributed by atoms with E-state index in [0.29, 0.717) is 24.4 Å². The van der Waals surface area contributed by atoms with E-state index < -0.39 is 5.82 Å². The second-order valence-corrected chi connectivity index (χ2v) is 4.12. The molecular formula is C12H12ClFN2O2. The molecule has 0 bridgehead atoms. The second-order valence-electron chi connectivity index (χ2n) is 3.71. The standard InChI is InChI=1S/C12H12ClFN2O2/c1-17-6-5-9-10(12(15)16-18-9)7-3-2-4-8(13)11(7)14/h2-4H,5-6H2,1H3,(H2,15,16). The zero-order valence-electron chi connectivity index (χ0n) is 9.74. The number of methoxy groups -OCH3 is 1. The molecule has 4 nitrogen and oxygen atoms in total. The van der Waals surface area contributed by atoms with Crippen molar-refractivity contribution in [3.8, 4) is 11.1 Å². The monoisotopic (exact) mass is 270 g/mol. The largest absolute Gasteiger partial charge is 0.384 e. The van der Waals surface area contributed by atoms with Gasteiger partial charge in [0.1, 0.15) is 11.6 Å². The smallest absolute Gasteiger partial charge is 0.175 e. The minimum Gasteiger partial charge on any atom is -0.384 e. The Kier molecular flexibility index (Phi) is 3.84. The van der Waals surface area contributed by atoms with Crippen LogP contribution in [0.1, 0.15) is 5.76 Å². The molecule has 0 unspecified atom stereocenters. The molecule has 96 valence electrons. The quantitative estimate of drug-likeness (QED) is 0.928. The molecule has 2 rings (SSSR count). The van der Waals surface area contributed by atoms with Crippen LogP contribution in [0.4, 0.5) is 10.2 Å². The number of benzene rings is 1. The van der Waals surface area contributed by atoms with Crippen molar-refractivity contribution in [2.75, 3.05) is 19.5 Å². The first-order valence-electron chi connectivity index (χ1n) is 5.32. The summed E-state index contributed by atoms with van der Waals surface area (Å²) in [6.45, 7) is 0.434. The average molecular weight is 271 g/mol. The van der Waals surface area contributed by atoms with Crippen LogP contribution in [0.2, 0.25) is 5.02 Å². The molecule has 6 heteroatoms. The zero-order valence-corrected chi connectivity index (χ0v) is 10.5. The summed E-state index contributed by atoms with van der Waals surface area (Å²) in [6, 6.07) is 4.70. The molecule has 0 aliphatic rings. The highest BCUT2D eigenvalue weighted by atomic mass is 35.5. The maximum absolute atomic E-state index is 14.0. The Morgan fingerprint density at radius 1 is 1.50 bits per heavy atom. The summed E-state index contributed by atoms with van der Waals surface area (Å²) in [7, 11) is 1.57. The summed E-state index contributed by atoms with van der Waals surface area (Å²) in [4.78, 5) is 0. The molecule has 0 fully saturated rings. The number of anilines is 1. The fraction of sp³-hybridized carbons (Fsp3) is 0.250. The van der Waals surface area contributed by atoms with Gasteiger partial charge in [0.2, 0.25) is 0 Å². The summed E-state index contributed by atoms with van der Waals surface area (Å²) in [5.74, 6) is 0.0884. The summed E-state index contributed by atoms with van der Waals surface area (Å²) >= 11 is 5.75. The van der Waals surface area contributed by atoms with E-state index >= 15 is 0 Å². The van der Waals surface area contributed by atoms with Gasteiger partial charge < -0.3 is 15.0 Å². The number of aromatic nitrogens is 1. The Morgan fingerprint density at radius 2 is 2.28 bits per heavy atom. The van der Waals surface area contributed by atoms with Crippen LogP contribution in [0.25, 0.3) is 11.1 Å². The lowest BCUT2D eigenvalue weighted by Gasteiger charge is -2.05. The Morgan fingerprint density at radius 3 is 3.00 bits per heavy atom. The molecule has 0 spiro atoms. The van der Waals surface area contributed by atoms with E-state index in [9.17, 15) is 4.39 Å². The third-order valence-electron chi connectivity index (χ3n) is 2.54. The van der Waals surface area contributed by atoms with Gasteiger partial charge in [-0.05, 0) is 6.07 Å². The van der Waals surface area contributed by atoms with Gasteiger partial charge in [-0.1, -0.05) is 28.9 Å². The lowest BCUT2D eigenvalue weighted by Crippen LogP contribution is -1.97. The van der Waals surface area contributed by atoms with Crippen molar-refractivity contribution in [2.24, 2.45) is 0 Å². The van der Waals surface area contributed by atoms with Crippen LogP contribution >= 0.6 is 11.6 Å². The van der Waals surface area contributed by atoms with Crippen LogP contribution in [-0.4, -0.2) is 18.9 Å². The van der Waals surface area contributed by atoms with Crippen LogP contribution in [-0.2, 0) is 11.2 Å².